The number of aliphatic hydroxyl groups is 2. The van der Waals surface area contributed by atoms with Crippen LogP contribution >= 0.6 is 0 Å². The normalized spacial score (nSPS) is 27.9. The van der Waals surface area contributed by atoms with Crippen LogP contribution in [0, 0.1) is 0 Å². The van der Waals surface area contributed by atoms with Gasteiger partial charge in [0, 0.05) is 42.5 Å². The summed E-state index contributed by atoms with van der Waals surface area (Å²) in [4.78, 5) is 10.3. The first-order valence-electron chi connectivity index (χ1n) is 10.9. The minimum absolute atomic E-state index is 0.0308. The van der Waals surface area contributed by atoms with Crippen LogP contribution in [0.3, 0.4) is 0 Å². The summed E-state index contributed by atoms with van der Waals surface area (Å²) < 4.78 is 52.0. The summed E-state index contributed by atoms with van der Waals surface area (Å²) >= 11 is 0. The highest BCUT2D eigenvalue weighted by molar-refractivity contribution is 7.88. The molecule has 9 nitrogen and oxygen atoms in total. The maximum atomic E-state index is 13.6. The summed E-state index contributed by atoms with van der Waals surface area (Å²) in [6.45, 7) is 0.791. The molecule has 1 aliphatic carbocycles. The van der Waals surface area contributed by atoms with Crippen LogP contribution < -0.4 is 10.2 Å². The van der Waals surface area contributed by atoms with Gasteiger partial charge in [-0.05, 0) is 44.6 Å². The topological polar surface area (TPSA) is 119 Å². The highest BCUT2D eigenvalue weighted by Crippen LogP contribution is 2.38. The van der Waals surface area contributed by atoms with Crippen LogP contribution in [0.5, 0.6) is 0 Å². The molecular weight excluding hydrogens is 444 g/mol. The lowest BCUT2D eigenvalue weighted by Gasteiger charge is -2.42. The summed E-state index contributed by atoms with van der Waals surface area (Å²) in [7, 11) is -3.23. The van der Waals surface area contributed by atoms with Gasteiger partial charge in [-0.1, -0.05) is 0 Å². The molecule has 0 radical (unpaired) electrons. The predicted octanol–water partition coefficient (Wildman–Crippen LogP) is 1.40. The second-order valence-corrected chi connectivity index (χ2v) is 10.7. The molecule has 0 aromatic carbocycles. The van der Waals surface area contributed by atoms with Gasteiger partial charge in [0.15, 0.2) is 6.23 Å². The SMILES string of the molecule is CS(=O)(=O)N1CCC(Nc2ncc3c(n2)N([C@@H]2CCC[C@@H](O)C2)C(O)C(C(F)F)=C3)CC1. The number of rotatable bonds is 5. The summed E-state index contributed by atoms with van der Waals surface area (Å²) in [5.74, 6) is 0.649. The van der Waals surface area contributed by atoms with Gasteiger partial charge in [-0.3, -0.25) is 0 Å². The van der Waals surface area contributed by atoms with E-state index in [0.717, 1.165) is 6.42 Å². The van der Waals surface area contributed by atoms with E-state index in [4.69, 9.17) is 0 Å². The van der Waals surface area contributed by atoms with Crippen molar-refractivity contribution in [3.8, 4) is 0 Å². The molecule has 3 heterocycles. The summed E-state index contributed by atoms with van der Waals surface area (Å²) in [6, 6.07) is -0.354. The van der Waals surface area contributed by atoms with E-state index in [9.17, 15) is 27.4 Å². The Kier molecular flexibility index (Phi) is 6.66. The zero-order valence-corrected chi connectivity index (χ0v) is 18.7. The summed E-state index contributed by atoms with van der Waals surface area (Å²) in [6.07, 6.45) is 2.54. The lowest BCUT2D eigenvalue weighted by atomic mass is 9.90. The number of alkyl halides is 2. The fourth-order valence-corrected chi connectivity index (χ4v) is 5.62. The number of halogens is 2. The average molecular weight is 474 g/mol. The van der Waals surface area contributed by atoms with E-state index in [1.807, 2.05) is 0 Å². The zero-order valence-electron chi connectivity index (χ0n) is 17.9. The molecule has 0 spiro atoms. The van der Waals surface area contributed by atoms with Gasteiger partial charge >= 0.3 is 0 Å². The van der Waals surface area contributed by atoms with Gasteiger partial charge in [-0.2, -0.15) is 4.98 Å². The molecule has 0 amide bonds. The van der Waals surface area contributed by atoms with Gasteiger partial charge in [0.05, 0.1) is 12.4 Å². The summed E-state index contributed by atoms with van der Waals surface area (Å²) in [5.41, 5.74) is -0.0156. The molecule has 4 rings (SSSR count). The number of piperidine rings is 1. The zero-order chi connectivity index (χ0) is 23.0. The van der Waals surface area contributed by atoms with Crippen LogP contribution in [0.2, 0.25) is 0 Å². The predicted molar refractivity (Wildman–Crippen MR) is 116 cm³/mol. The van der Waals surface area contributed by atoms with Crippen molar-refractivity contribution in [2.75, 3.05) is 29.6 Å². The molecule has 3 N–H and O–H groups in total. The van der Waals surface area contributed by atoms with Crippen LogP contribution in [0.4, 0.5) is 20.5 Å². The van der Waals surface area contributed by atoms with Crippen molar-refractivity contribution < 1.29 is 27.4 Å². The Hall–Kier alpha value is -1.89. The fourth-order valence-electron chi connectivity index (χ4n) is 4.75. The van der Waals surface area contributed by atoms with Gasteiger partial charge in [-0.25, -0.2) is 26.5 Å². The molecule has 2 fully saturated rings. The van der Waals surface area contributed by atoms with E-state index in [1.54, 1.807) is 0 Å². The third-order valence-corrected chi connectivity index (χ3v) is 7.75. The molecular formula is C20H29F2N5O4S. The van der Waals surface area contributed by atoms with Crippen LogP contribution in [0.15, 0.2) is 11.8 Å². The number of nitrogens with one attached hydrogen (secondary N) is 1. The second kappa shape index (κ2) is 9.16. The average Bonchev–Trinajstić information content (AvgIpc) is 2.73. The summed E-state index contributed by atoms with van der Waals surface area (Å²) in [5, 5.41) is 24.1. The van der Waals surface area contributed by atoms with Crippen LogP contribution in [-0.2, 0) is 10.0 Å². The number of nitrogens with zero attached hydrogens (tertiary/aromatic N) is 4. The van der Waals surface area contributed by atoms with E-state index in [1.165, 1.54) is 27.7 Å². The van der Waals surface area contributed by atoms with Crippen molar-refractivity contribution in [2.45, 2.75) is 69.4 Å². The molecule has 0 bridgehead atoms. The number of aromatic nitrogens is 2. The van der Waals surface area contributed by atoms with E-state index in [0.29, 0.717) is 62.5 Å². The first-order chi connectivity index (χ1) is 15.1. The van der Waals surface area contributed by atoms with Crippen LogP contribution in [0.25, 0.3) is 6.08 Å². The largest absolute Gasteiger partial charge is 0.393 e. The van der Waals surface area contributed by atoms with Crippen LogP contribution in [0.1, 0.15) is 44.1 Å². The minimum Gasteiger partial charge on any atom is -0.393 e. The van der Waals surface area contributed by atoms with Gasteiger partial charge < -0.3 is 20.4 Å². The Bertz CT molecular complexity index is 969. The molecule has 178 valence electrons. The number of hydrogen-bond acceptors (Lipinski definition) is 8. The molecule has 1 aromatic heterocycles. The monoisotopic (exact) mass is 473 g/mol. The highest BCUT2D eigenvalue weighted by atomic mass is 32.2. The smallest absolute Gasteiger partial charge is 0.264 e. The third-order valence-electron chi connectivity index (χ3n) is 6.44. The van der Waals surface area contributed by atoms with E-state index >= 15 is 0 Å². The van der Waals surface area contributed by atoms with Crippen molar-refractivity contribution in [2.24, 2.45) is 0 Å². The second-order valence-electron chi connectivity index (χ2n) is 8.75. The van der Waals surface area contributed by atoms with Crippen molar-refractivity contribution >= 4 is 27.9 Å². The molecule has 3 aliphatic rings. The minimum atomic E-state index is -3.23. The van der Waals surface area contributed by atoms with Gasteiger partial charge in [0.2, 0.25) is 16.0 Å². The van der Waals surface area contributed by atoms with Crippen molar-refractivity contribution in [1.29, 1.82) is 0 Å². The van der Waals surface area contributed by atoms with Gasteiger partial charge in [0.25, 0.3) is 6.43 Å². The molecule has 12 heteroatoms. The quantitative estimate of drug-likeness (QED) is 0.587. The molecule has 2 aliphatic heterocycles. The Balaban J connectivity index is 1.57. The molecule has 1 saturated heterocycles. The van der Waals surface area contributed by atoms with Crippen LogP contribution in [-0.4, -0.2) is 83.1 Å². The van der Waals surface area contributed by atoms with Gasteiger partial charge in [0.1, 0.15) is 5.82 Å². The molecule has 1 saturated carbocycles. The molecule has 3 atom stereocenters. The number of sulfonamides is 1. The van der Waals surface area contributed by atoms with E-state index < -0.39 is 34.4 Å². The van der Waals surface area contributed by atoms with Crippen molar-refractivity contribution in [3.63, 3.8) is 0 Å². The lowest BCUT2D eigenvalue weighted by molar-refractivity contribution is 0.0887. The highest BCUT2D eigenvalue weighted by Gasteiger charge is 2.39. The Labute approximate surface area is 186 Å². The lowest BCUT2D eigenvalue weighted by Crippen LogP contribution is -2.50. The Morgan fingerprint density at radius 2 is 1.91 bits per heavy atom. The maximum Gasteiger partial charge on any atom is 0.264 e. The Morgan fingerprint density at radius 1 is 1.19 bits per heavy atom. The molecule has 1 unspecified atom stereocenters. The Morgan fingerprint density at radius 3 is 2.53 bits per heavy atom. The van der Waals surface area contributed by atoms with Gasteiger partial charge in [-0.15, -0.1) is 0 Å². The van der Waals surface area contributed by atoms with Crippen molar-refractivity contribution in [1.82, 2.24) is 14.3 Å². The number of fused-ring (bicyclic) bond motifs is 1. The number of hydrogen-bond donors (Lipinski definition) is 3. The third kappa shape index (κ3) is 4.87. The van der Waals surface area contributed by atoms with E-state index in [2.05, 4.69) is 15.3 Å². The maximum absolute atomic E-state index is 13.6. The molecule has 32 heavy (non-hydrogen) atoms. The number of aliphatic hydroxyl groups excluding tert-OH is 2. The standard InChI is InChI=1S/C20H29F2N5O4S/c1-32(30,31)26-7-5-13(6-8-26)24-20-23-11-12-9-16(17(21)22)19(29)27(18(12)25-20)14-3-2-4-15(28)10-14/h9,11,13-15,17,19,28-29H,2-8,10H2,1H3,(H,23,24,25)/t14-,15-,19?/m1/s1. The first-order valence-corrected chi connectivity index (χ1v) is 12.7. The van der Waals surface area contributed by atoms with E-state index in [-0.39, 0.29) is 12.1 Å². The van der Waals surface area contributed by atoms with Crippen molar-refractivity contribution in [3.05, 3.63) is 17.3 Å². The first kappa shape index (κ1) is 23.3. The fraction of sp³-hybridized carbons (Fsp3) is 0.700. The molecule has 1 aromatic rings. The number of anilines is 2.